The minimum Gasteiger partial charge on any atom is -0.267 e. The first-order valence-corrected chi connectivity index (χ1v) is 7.22. The zero-order chi connectivity index (χ0) is 15.1. The van der Waals surface area contributed by atoms with Crippen LogP contribution in [0.3, 0.4) is 0 Å². The second kappa shape index (κ2) is 7.60. The lowest BCUT2D eigenvalue weighted by Gasteiger charge is -2.06. The minimum atomic E-state index is -0.292. The van der Waals surface area contributed by atoms with Crippen LogP contribution in [-0.2, 0) is 6.42 Å². The normalized spacial score (nSPS) is 11.2. The maximum absolute atomic E-state index is 12.0. The summed E-state index contributed by atoms with van der Waals surface area (Å²) in [5.74, 6) is -0.292. The molecule has 0 aromatic heterocycles. The zero-order valence-electron chi connectivity index (χ0n) is 11.8. The number of halogens is 1. The van der Waals surface area contributed by atoms with Gasteiger partial charge in [-0.05, 0) is 24.1 Å². The van der Waals surface area contributed by atoms with Crippen LogP contribution in [0.15, 0.2) is 59.7 Å². The lowest BCUT2D eigenvalue weighted by atomic mass is 10.1. The van der Waals surface area contributed by atoms with Crippen LogP contribution in [0, 0.1) is 0 Å². The molecule has 0 aliphatic carbocycles. The van der Waals surface area contributed by atoms with Gasteiger partial charge in [0.1, 0.15) is 0 Å². The van der Waals surface area contributed by atoms with Crippen molar-refractivity contribution >= 4 is 23.2 Å². The van der Waals surface area contributed by atoms with Gasteiger partial charge in [0.2, 0.25) is 0 Å². The van der Waals surface area contributed by atoms with Crippen molar-refractivity contribution in [1.29, 1.82) is 0 Å². The first-order chi connectivity index (χ1) is 10.2. The minimum absolute atomic E-state index is 0.292. The van der Waals surface area contributed by atoms with Crippen molar-refractivity contribution < 1.29 is 4.79 Å². The number of carbonyl (C=O) groups excluding carboxylic acids is 1. The molecule has 0 unspecified atom stereocenters. The average Bonchev–Trinajstić information content (AvgIpc) is 2.52. The predicted molar refractivity (Wildman–Crippen MR) is 86.8 cm³/mol. The van der Waals surface area contributed by atoms with Gasteiger partial charge in [-0.1, -0.05) is 61.0 Å². The Bertz CT molecular complexity index is 638. The topological polar surface area (TPSA) is 41.5 Å². The molecule has 0 saturated heterocycles. The Labute approximate surface area is 129 Å². The molecule has 0 saturated carbocycles. The van der Waals surface area contributed by atoms with Gasteiger partial charge in [-0.3, -0.25) is 4.79 Å². The summed E-state index contributed by atoms with van der Waals surface area (Å²) in [6.45, 7) is 2.02. The van der Waals surface area contributed by atoms with Crippen molar-refractivity contribution in [2.45, 2.75) is 19.8 Å². The zero-order valence-corrected chi connectivity index (χ0v) is 12.6. The highest BCUT2D eigenvalue weighted by molar-refractivity contribution is 6.33. The van der Waals surface area contributed by atoms with Gasteiger partial charge in [-0.25, -0.2) is 5.43 Å². The van der Waals surface area contributed by atoms with E-state index in [1.54, 1.807) is 24.3 Å². The van der Waals surface area contributed by atoms with E-state index in [0.717, 1.165) is 18.6 Å². The maximum atomic E-state index is 12.0. The molecule has 0 radical (unpaired) electrons. The van der Waals surface area contributed by atoms with E-state index in [2.05, 4.69) is 10.5 Å². The molecule has 21 heavy (non-hydrogen) atoms. The van der Waals surface area contributed by atoms with Gasteiger partial charge in [0, 0.05) is 12.1 Å². The van der Waals surface area contributed by atoms with Crippen LogP contribution in [0.1, 0.15) is 29.3 Å². The summed E-state index contributed by atoms with van der Waals surface area (Å²) in [6.07, 6.45) is 1.50. The number of hydrogen-bond acceptors (Lipinski definition) is 2. The summed E-state index contributed by atoms with van der Waals surface area (Å²) in [6, 6.07) is 17.0. The van der Waals surface area contributed by atoms with Crippen molar-refractivity contribution in [3.63, 3.8) is 0 Å². The van der Waals surface area contributed by atoms with Crippen LogP contribution in [0.2, 0.25) is 5.02 Å². The number of amides is 1. The molecule has 0 atom stereocenters. The second-order valence-corrected chi connectivity index (χ2v) is 5.02. The lowest BCUT2D eigenvalue weighted by molar-refractivity contribution is 0.0955. The SMILES string of the molecule is CCC(Cc1ccccc1)=NNC(=O)c1ccccc1Cl. The highest BCUT2D eigenvalue weighted by atomic mass is 35.5. The molecular formula is C17H17ClN2O. The van der Waals surface area contributed by atoms with E-state index in [1.165, 1.54) is 5.56 Å². The maximum Gasteiger partial charge on any atom is 0.272 e. The van der Waals surface area contributed by atoms with Crippen molar-refractivity contribution in [3.05, 3.63) is 70.7 Å². The Kier molecular flexibility index (Phi) is 5.52. The molecule has 108 valence electrons. The molecule has 0 aliphatic rings. The van der Waals surface area contributed by atoms with Gasteiger partial charge in [0.05, 0.1) is 10.6 Å². The summed E-state index contributed by atoms with van der Waals surface area (Å²) in [7, 11) is 0. The van der Waals surface area contributed by atoms with Crippen LogP contribution in [-0.4, -0.2) is 11.6 Å². The number of nitrogens with zero attached hydrogens (tertiary/aromatic N) is 1. The standard InChI is InChI=1S/C17H17ClN2O/c1-2-14(12-13-8-4-3-5-9-13)19-20-17(21)15-10-6-7-11-16(15)18/h3-11H,2,12H2,1H3,(H,20,21). The molecule has 0 aliphatic heterocycles. The number of carbonyl (C=O) groups is 1. The van der Waals surface area contributed by atoms with E-state index in [0.29, 0.717) is 10.6 Å². The number of hydrazone groups is 1. The molecule has 0 spiro atoms. The van der Waals surface area contributed by atoms with E-state index in [4.69, 9.17) is 11.6 Å². The lowest BCUT2D eigenvalue weighted by Crippen LogP contribution is -2.20. The summed E-state index contributed by atoms with van der Waals surface area (Å²) < 4.78 is 0. The molecule has 0 heterocycles. The Morgan fingerprint density at radius 1 is 1.10 bits per heavy atom. The molecule has 0 bridgehead atoms. The monoisotopic (exact) mass is 300 g/mol. The molecular weight excluding hydrogens is 284 g/mol. The summed E-state index contributed by atoms with van der Waals surface area (Å²) in [5.41, 5.74) is 5.09. The van der Waals surface area contributed by atoms with E-state index < -0.39 is 0 Å². The Balaban J connectivity index is 2.04. The fourth-order valence-corrected chi connectivity index (χ4v) is 2.13. The van der Waals surface area contributed by atoms with Gasteiger partial charge in [0.15, 0.2) is 0 Å². The molecule has 1 amide bonds. The fourth-order valence-electron chi connectivity index (χ4n) is 1.91. The Morgan fingerprint density at radius 2 is 1.76 bits per heavy atom. The van der Waals surface area contributed by atoms with Gasteiger partial charge in [0.25, 0.3) is 5.91 Å². The number of nitrogens with one attached hydrogen (secondary N) is 1. The summed E-state index contributed by atoms with van der Waals surface area (Å²) in [5, 5.41) is 4.64. The van der Waals surface area contributed by atoms with E-state index >= 15 is 0 Å². The van der Waals surface area contributed by atoms with E-state index in [-0.39, 0.29) is 5.91 Å². The van der Waals surface area contributed by atoms with Crippen LogP contribution in [0.25, 0.3) is 0 Å². The second-order valence-electron chi connectivity index (χ2n) is 4.61. The first kappa shape index (κ1) is 15.3. The Hall–Kier alpha value is -2.13. The van der Waals surface area contributed by atoms with Crippen LogP contribution in [0.5, 0.6) is 0 Å². The van der Waals surface area contributed by atoms with Gasteiger partial charge in [-0.15, -0.1) is 0 Å². The van der Waals surface area contributed by atoms with Gasteiger partial charge >= 0.3 is 0 Å². The first-order valence-electron chi connectivity index (χ1n) is 6.85. The average molecular weight is 301 g/mol. The third-order valence-corrected chi connectivity index (χ3v) is 3.42. The summed E-state index contributed by atoms with van der Waals surface area (Å²) in [4.78, 5) is 12.0. The van der Waals surface area contributed by atoms with Gasteiger partial charge < -0.3 is 0 Å². The van der Waals surface area contributed by atoms with E-state index in [1.807, 2.05) is 37.3 Å². The predicted octanol–water partition coefficient (Wildman–Crippen LogP) is 4.08. The third kappa shape index (κ3) is 4.43. The fraction of sp³-hybridized carbons (Fsp3) is 0.176. The molecule has 3 nitrogen and oxygen atoms in total. The molecule has 2 rings (SSSR count). The van der Waals surface area contributed by atoms with Crippen molar-refractivity contribution in [3.8, 4) is 0 Å². The van der Waals surface area contributed by atoms with Gasteiger partial charge in [-0.2, -0.15) is 5.10 Å². The Morgan fingerprint density at radius 3 is 2.43 bits per heavy atom. The van der Waals surface area contributed by atoms with Crippen LogP contribution >= 0.6 is 11.6 Å². The molecule has 2 aromatic rings. The van der Waals surface area contributed by atoms with Crippen molar-refractivity contribution in [2.75, 3.05) is 0 Å². The number of benzene rings is 2. The quantitative estimate of drug-likeness (QED) is 0.656. The smallest absolute Gasteiger partial charge is 0.267 e. The number of hydrogen-bond donors (Lipinski definition) is 1. The largest absolute Gasteiger partial charge is 0.272 e. The van der Waals surface area contributed by atoms with Crippen molar-refractivity contribution in [2.24, 2.45) is 5.10 Å². The molecule has 1 N–H and O–H groups in total. The van der Waals surface area contributed by atoms with Crippen molar-refractivity contribution in [1.82, 2.24) is 5.43 Å². The molecule has 4 heteroatoms. The van der Waals surface area contributed by atoms with E-state index in [9.17, 15) is 4.79 Å². The highest BCUT2D eigenvalue weighted by Gasteiger charge is 2.08. The summed E-state index contributed by atoms with van der Waals surface area (Å²) >= 11 is 5.99. The third-order valence-electron chi connectivity index (χ3n) is 3.09. The molecule has 0 fully saturated rings. The number of rotatable bonds is 5. The van der Waals surface area contributed by atoms with Crippen LogP contribution in [0.4, 0.5) is 0 Å². The van der Waals surface area contributed by atoms with Crippen LogP contribution < -0.4 is 5.43 Å². The molecule has 2 aromatic carbocycles. The highest BCUT2D eigenvalue weighted by Crippen LogP contribution is 2.14.